The molecule has 1 heterocycles. The van der Waals surface area contributed by atoms with E-state index >= 15 is 0 Å². The van der Waals surface area contributed by atoms with Crippen molar-refractivity contribution in [2.75, 3.05) is 12.0 Å². The van der Waals surface area contributed by atoms with Gasteiger partial charge in [0.05, 0.1) is 7.11 Å². The van der Waals surface area contributed by atoms with Crippen molar-refractivity contribution < 1.29 is 9.53 Å². The lowest BCUT2D eigenvalue weighted by molar-refractivity contribution is -0.123. The van der Waals surface area contributed by atoms with Gasteiger partial charge in [0.15, 0.2) is 0 Å². The maximum atomic E-state index is 12.5. The summed E-state index contributed by atoms with van der Waals surface area (Å²) >= 11 is 0. The Bertz CT molecular complexity index is 586. The highest BCUT2D eigenvalue weighted by Gasteiger charge is 2.42. The van der Waals surface area contributed by atoms with Crippen LogP contribution in [0.15, 0.2) is 18.2 Å². The third-order valence-corrected chi connectivity index (χ3v) is 5.07. The summed E-state index contributed by atoms with van der Waals surface area (Å²) in [7, 11) is 1.67. The molecular formula is C19H31N3O2. The number of unbranched alkanes of at least 4 members (excludes halogenated alkanes) is 1. The lowest BCUT2D eigenvalue weighted by atomic mass is 9.78. The third kappa shape index (κ3) is 3.51. The van der Waals surface area contributed by atoms with Crippen molar-refractivity contribution in [3.05, 3.63) is 23.8 Å². The Labute approximate surface area is 145 Å². The Kier molecular flexibility index (Phi) is 5.75. The largest absolute Gasteiger partial charge is 0.497 e. The molecule has 5 heteroatoms. The maximum Gasteiger partial charge on any atom is 0.256 e. The molecule has 24 heavy (non-hydrogen) atoms. The number of anilines is 1. The van der Waals surface area contributed by atoms with Crippen LogP contribution in [0.25, 0.3) is 0 Å². The fourth-order valence-corrected chi connectivity index (χ4v) is 4.02. The van der Waals surface area contributed by atoms with Crippen LogP contribution >= 0.6 is 0 Å². The van der Waals surface area contributed by atoms with Crippen LogP contribution in [0.3, 0.4) is 0 Å². The van der Waals surface area contributed by atoms with Crippen molar-refractivity contribution in [1.29, 1.82) is 0 Å². The molecule has 3 N–H and O–H groups in total. The van der Waals surface area contributed by atoms with Gasteiger partial charge in [-0.15, -0.1) is 0 Å². The highest BCUT2D eigenvalue weighted by Crippen LogP contribution is 2.46. The summed E-state index contributed by atoms with van der Waals surface area (Å²) in [6.45, 7) is 8.79. The molecule has 0 unspecified atom stereocenters. The zero-order chi connectivity index (χ0) is 17.9. The number of nitrogens with two attached hydrogens (primary N) is 1. The minimum absolute atomic E-state index is 0.125. The predicted octanol–water partition coefficient (Wildman–Crippen LogP) is 3.34. The van der Waals surface area contributed by atoms with E-state index < -0.39 is 0 Å². The molecule has 1 aliphatic heterocycles. The number of ether oxygens (including phenoxy) is 1. The number of amides is 1. The van der Waals surface area contributed by atoms with Gasteiger partial charge >= 0.3 is 0 Å². The van der Waals surface area contributed by atoms with Crippen LogP contribution in [0.2, 0.25) is 0 Å². The van der Waals surface area contributed by atoms with E-state index in [1.165, 1.54) is 5.56 Å². The number of hydrogen-bond donors (Lipinski definition) is 2. The molecule has 2 atom stereocenters. The molecule has 0 aliphatic carbocycles. The van der Waals surface area contributed by atoms with Gasteiger partial charge in [-0.1, -0.05) is 32.8 Å². The monoisotopic (exact) mass is 333 g/mol. The van der Waals surface area contributed by atoms with E-state index in [-0.39, 0.29) is 17.5 Å². The van der Waals surface area contributed by atoms with Gasteiger partial charge in [-0.25, -0.2) is 5.84 Å². The molecule has 0 radical (unpaired) electrons. The zero-order valence-electron chi connectivity index (χ0n) is 15.6. The summed E-state index contributed by atoms with van der Waals surface area (Å²) in [5, 5.41) is 0. The minimum atomic E-state index is -0.275. The summed E-state index contributed by atoms with van der Waals surface area (Å²) in [6, 6.07) is 5.90. The average Bonchev–Trinajstić information content (AvgIpc) is 2.55. The predicted molar refractivity (Wildman–Crippen MR) is 98.2 cm³/mol. The summed E-state index contributed by atoms with van der Waals surface area (Å²) < 4.78 is 5.43. The molecule has 0 saturated carbocycles. The first-order valence-electron chi connectivity index (χ1n) is 8.83. The second kappa shape index (κ2) is 7.43. The number of rotatable bonds is 6. The molecule has 0 aromatic heterocycles. The van der Waals surface area contributed by atoms with Gasteiger partial charge in [-0.3, -0.25) is 10.2 Å². The van der Waals surface area contributed by atoms with E-state index in [0.29, 0.717) is 5.92 Å². The minimum Gasteiger partial charge on any atom is -0.497 e. The Morgan fingerprint density at radius 2 is 2.21 bits per heavy atom. The van der Waals surface area contributed by atoms with Gasteiger partial charge in [-0.05, 0) is 44.2 Å². The van der Waals surface area contributed by atoms with E-state index in [4.69, 9.17) is 10.6 Å². The molecule has 0 spiro atoms. The van der Waals surface area contributed by atoms with Crippen molar-refractivity contribution in [2.24, 2.45) is 5.84 Å². The number of hydrogen-bond acceptors (Lipinski definition) is 4. The molecule has 134 valence electrons. The molecular weight excluding hydrogens is 302 g/mol. The molecule has 0 fully saturated rings. The molecule has 0 bridgehead atoms. The average molecular weight is 333 g/mol. The number of benzene rings is 1. The molecule has 0 saturated heterocycles. The van der Waals surface area contributed by atoms with E-state index in [1.54, 1.807) is 7.11 Å². The van der Waals surface area contributed by atoms with Crippen LogP contribution in [0.1, 0.15) is 64.9 Å². The Morgan fingerprint density at radius 3 is 2.79 bits per heavy atom. The van der Waals surface area contributed by atoms with E-state index in [1.807, 2.05) is 6.07 Å². The number of nitrogens with one attached hydrogen (secondary N) is 1. The first-order chi connectivity index (χ1) is 11.4. The van der Waals surface area contributed by atoms with Gasteiger partial charge in [0.1, 0.15) is 11.8 Å². The van der Waals surface area contributed by atoms with E-state index in [9.17, 15) is 4.79 Å². The van der Waals surface area contributed by atoms with Crippen molar-refractivity contribution >= 4 is 11.6 Å². The van der Waals surface area contributed by atoms with Crippen LogP contribution in [-0.2, 0) is 4.79 Å². The quantitative estimate of drug-likeness (QED) is 0.476. The molecule has 2 rings (SSSR count). The smallest absolute Gasteiger partial charge is 0.256 e. The Morgan fingerprint density at radius 1 is 1.50 bits per heavy atom. The number of carbonyl (C=O) groups excluding carboxylic acids is 1. The molecule has 1 aromatic rings. The highest BCUT2D eigenvalue weighted by molar-refractivity contribution is 5.86. The second-order valence-corrected chi connectivity index (χ2v) is 7.38. The fraction of sp³-hybridized carbons (Fsp3) is 0.632. The zero-order valence-corrected chi connectivity index (χ0v) is 15.6. The topological polar surface area (TPSA) is 67.6 Å². The first-order valence-corrected chi connectivity index (χ1v) is 8.83. The lowest BCUT2D eigenvalue weighted by Gasteiger charge is -2.50. The van der Waals surface area contributed by atoms with E-state index in [2.05, 4.69) is 50.2 Å². The van der Waals surface area contributed by atoms with E-state index in [0.717, 1.165) is 37.1 Å². The normalized spacial score (nSPS) is 20.2. The van der Waals surface area contributed by atoms with Crippen molar-refractivity contribution in [3.63, 3.8) is 0 Å². The Balaban J connectivity index is 2.55. The number of carbonyl (C=O) groups is 1. The van der Waals surface area contributed by atoms with Crippen LogP contribution in [0, 0.1) is 0 Å². The van der Waals surface area contributed by atoms with Crippen molar-refractivity contribution in [2.45, 2.75) is 70.9 Å². The summed E-state index contributed by atoms with van der Waals surface area (Å²) in [6.07, 6.45) is 3.81. The van der Waals surface area contributed by atoms with Crippen LogP contribution in [-0.4, -0.2) is 24.6 Å². The molecule has 1 amide bonds. The maximum absolute atomic E-state index is 12.5. The Hall–Kier alpha value is -1.75. The summed E-state index contributed by atoms with van der Waals surface area (Å²) in [4.78, 5) is 14.8. The first kappa shape index (κ1) is 18.6. The number of hydrazine groups is 1. The second-order valence-electron chi connectivity index (χ2n) is 7.38. The fourth-order valence-electron chi connectivity index (χ4n) is 4.02. The molecule has 1 aromatic carbocycles. The molecule has 5 nitrogen and oxygen atoms in total. The van der Waals surface area contributed by atoms with Crippen molar-refractivity contribution in [3.8, 4) is 5.75 Å². The van der Waals surface area contributed by atoms with Gasteiger partial charge in [-0.2, -0.15) is 0 Å². The number of nitrogens with zero attached hydrogens (tertiary/aromatic N) is 1. The van der Waals surface area contributed by atoms with Crippen LogP contribution < -0.4 is 20.9 Å². The van der Waals surface area contributed by atoms with Crippen LogP contribution in [0.4, 0.5) is 5.69 Å². The van der Waals surface area contributed by atoms with Gasteiger partial charge in [0, 0.05) is 17.3 Å². The number of fused-ring (bicyclic) bond motifs is 1. The standard InChI is InChI=1S/C19H31N3O2/c1-6-7-8-16(18(23)21-20)22-17-11-14(24-5)9-10-15(17)13(2)12-19(22,3)4/h9-11,13,16H,6-8,12,20H2,1-5H3,(H,21,23)/t13-,16-/m1/s1. The SMILES string of the molecule is CCCC[C@H](C(=O)NN)N1c2cc(OC)ccc2[C@H](C)CC1(C)C. The highest BCUT2D eigenvalue weighted by atomic mass is 16.5. The van der Waals surface area contributed by atoms with Crippen LogP contribution in [0.5, 0.6) is 5.75 Å². The van der Waals surface area contributed by atoms with Gasteiger partial charge in [0.25, 0.3) is 5.91 Å². The van der Waals surface area contributed by atoms with Gasteiger partial charge in [0.2, 0.25) is 0 Å². The summed E-state index contributed by atoms with van der Waals surface area (Å²) in [5.74, 6) is 6.61. The van der Waals surface area contributed by atoms with Crippen molar-refractivity contribution in [1.82, 2.24) is 5.43 Å². The molecule has 1 aliphatic rings. The third-order valence-electron chi connectivity index (χ3n) is 5.07. The lowest BCUT2D eigenvalue weighted by Crippen LogP contribution is -2.59. The summed E-state index contributed by atoms with van der Waals surface area (Å²) in [5.41, 5.74) is 4.58. The number of methoxy groups -OCH3 is 1. The van der Waals surface area contributed by atoms with Gasteiger partial charge < -0.3 is 9.64 Å².